The number of aliphatic imine (C=N–C) groups is 1. The largest absolute Gasteiger partial charge is 0.381 e. The fourth-order valence-electron chi connectivity index (χ4n) is 2.62. The first-order chi connectivity index (χ1) is 9.17. The highest BCUT2D eigenvalue weighted by atomic mass is 16.5. The Morgan fingerprint density at radius 2 is 2.32 bits per heavy atom. The van der Waals surface area contributed by atoms with Crippen LogP contribution in [0.25, 0.3) is 0 Å². The number of likely N-dealkylation sites (tertiary alicyclic amines) is 1. The summed E-state index contributed by atoms with van der Waals surface area (Å²) in [7, 11) is 1.86. The first-order valence-electron chi connectivity index (χ1n) is 7.28. The Morgan fingerprint density at radius 3 is 2.89 bits per heavy atom. The fourth-order valence-corrected chi connectivity index (χ4v) is 2.62. The molecule has 19 heavy (non-hydrogen) atoms. The molecule has 1 unspecified atom stereocenters. The van der Waals surface area contributed by atoms with E-state index in [0.717, 1.165) is 52.0 Å². The first-order valence-corrected chi connectivity index (χ1v) is 7.28. The molecule has 2 fully saturated rings. The summed E-state index contributed by atoms with van der Waals surface area (Å²) in [5.41, 5.74) is 0.278. The van der Waals surface area contributed by atoms with Crippen molar-refractivity contribution in [2.24, 2.45) is 16.3 Å². The van der Waals surface area contributed by atoms with E-state index in [1.807, 2.05) is 7.05 Å². The molecule has 2 aliphatic heterocycles. The Hall–Kier alpha value is -0.810. The summed E-state index contributed by atoms with van der Waals surface area (Å²) in [4.78, 5) is 6.74. The quantitative estimate of drug-likeness (QED) is 0.596. The average molecular weight is 269 g/mol. The maximum atomic E-state index is 5.52. The predicted molar refractivity (Wildman–Crippen MR) is 76.5 cm³/mol. The molecule has 1 N–H and O–H groups in total. The van der Waals surface area contributed by atoms with Crippen LogP contribution in [0, 0.1) is 11.3 Å². The highest BCUT2D eigenvalue weighted by Crippen LogP contribution is 2.25. The average Bonchev–Trinajstić information content (AvgIpc) is 2.84. The molecule has 2 rings (SSSR count). The summed E-state index contributed by atoms with van der Waals surface area (Å²) in [6.45, 7) is 10.7. The van der Waals surface area contributed by atoms with Crippen molar-refractivity contribution in [3.05, 3.63) is 0 Å². The molecule has 0 saturated carbocycles. The van der Waals surface area contributed by atoms with Gasteiger partial charge in [-0.25, -0.2) is 0 Å². The van der Waals surface area contributed by atoms with Gasteiger partial charge in [-0.05, 0) is 13.3 Å². The highest BCUT2D eigenvalue weighted by molar-refractivity contribution is 5.80. The third kappa shape index (κ3) is 3.83. The minimum absolute atomic E-state index is 0.278. The SMILES string of the molecule is CCOCC1CCN(C(=NC)NCC2(C)COC2)C1. The Kier molecular flexibility index (Phi) is 5.05. The number of guanidine groups is 1. The zero-order valence-electron chi connectivity index (χ0n) is 12.4. The van der Waals surface area contributed by atoms with E-state index in [1.54, 1.807) is 0 Å². The summed E-state index contributed by atoms with van der Waals surface area (Å²) in [6, 6.07) is 0. The van der Waals surface area contributed by atoms with Crippen LogP contribution < -0.4 is 5.32 Å². The molecule has 110 valence electrons. The van der Waals surface area contributed by atoms with Crippen molar-refractivity contribution in [1.82, 2.24) is 10.2 Å². The first kappa shape index (κ1) is 14.6. The van der Waals surface area contributed by atoms with Crippen molar-refractivity contribution in [3.63, 3.8) is 0 Å². The lowest BCUT2D eigenvalue weighted by Gasteiger charge is -2.39. The topological polar surface area (TPSA) is 46.1 Å². The van der Waals surface area contributed by atoms with Gasteiger partial charge in [0.25, 0.3) is 0 Å². The van der Waals surface area contributed by atoms with E-state index in [1.165, 1.54) is 6.42 Å². The van der Waals surface area contributed by atoms with Gasteiger partial charge in [0.15, 0.2) is 5.96 Å². The number of hydrogen-bond acceptors (Lipinski definition) is 3. The van der Waals surface area contributed by atoms with Crippen LogP contribution in [0.2, 0.25) is 0 Å². The van der Waals surface area contributed by atoms with Crippen LogP contribution in [0.4, 0.5) is 0 Å². The fraction of sp³-hybridized carbons (Fsp3) is 0.929. The van der Waals surface area contributed by atoms with Gasteiger partial charge in [-0.2, -0.15) is 0 Å². The van der Waals surface area contributed by atoms with Crippen molar-refractivity contribution in [3.8, 4) is 0 Å². The third-order valence-corrected chi connectivity index (χ3v) is 3.93. The molecule has 5 heteroatoms. The molecule has 0 amide bonds. The molecule has 0 aromatic rings. The van der Waals surface area contributed by atoms with E-state index in [4.69, 9.17) is 9.47 Å². The van der Waals surface area contributed by atoms with Gasteiger partial charge in [0.2, 0.25) is 0 Å². The maximum Gasteiger partial charge on any atom is 0.193 e. The molecule has 2 heterocycles. The van der Waals surface area contributed by atoms with Gasteiger partial charge >= 0.3 is 0 Å². The molecular weight excluding hydrogens is 242 g/mol. The van der Waals surface area contributed by atoms with Crippen molar-refractivity contribution < 1.29 is 9.47 Å². The number of nitrogens with one attached hydrogen (secondary N) is 1. The van der Waals surface area contributed by atoms with Gasteiger partial charge in [0, 0.05) is 44.6 Å². The van der Waals surface area contributed by atoms with E-state index < -0.39 is 0 Å². The number of ether oxygens (including phenoxy) is 2. The van der Waals surface area contributed by atoms with Crippen molar-refractivity contribution in [2.45, 2.75) is 20.3 Å². The van der Waals surface area contributed by atoms with Gasteiger partial charge in [0.05, 0.1) is 19.8 Å². The summed E-state index contributed by atoms with van der Waals surface area (Å²) < 4.78 is 10.8. The number of rotatable bonds is 5. The molecule has 0 bridgehead atoms. The molecule has 0 aromatic heterocycles. The minimum Gasteiger partial charge on any atom is -0.381 e. The zero-order valence-corrected chi connectivity index (χ0v) is 12.4. The lowest BCUT2D eigenvalue weighted by atomic mass is 9.89. The van der Waals surface area contributed by atoms with E-state index in [2.05, 4.69) is 29.1 Å². The van der Waals surface area contributed by atoms with Crippen LogP contribution in [0.5, 0.6) is 0 Å². The normalized spacial score (nSPS) is 26.4. The van der Waals surface area contributed by atoms with Gasteiger partial charge in [-0.15, -0.1) is 0 Å². The van der Waals surface area contributed by atoms with Crippen LogP contribution in [-0.2, 0) is 9.47 Å². The predicted octanol–water partition coefficient (Wildman–Crippen LogP) is 0.957. The Labute approximate surface area is 116 Å². The standard InChI is InChI=1S/C14H27N3O2/c1-4-18-8-12-5-6-17(7-12)13(15-3)16-9-14(2)10-19-11-14/h12H,4-11H2,1-3H3,(H,15,16). The second-order valence-corrected chi connectivity index (χ2v) is 5.96. The second-order valence-electron chi connectivity index (χ2n) is 5.96. The van der Waals surface area contributed by atoms with E-state index in [-0.39, 0.29) is 5.41 Å². The van der Waals surface area contributed by atoms with E-state index >= 15 is 0 Å². The van der Waals surface area contributed by atoms with Gasteiger partial charge in [-0.3, -0.25) is 4.99 Å². The smallest absolute Gasteiger partial charge is 0.193 e. The molecule has 0 spiro atoms. The summed E-state index contributed by atoms with van der Waals surface area (Å²) in [5, 5.41) is 3.49. The molecule has 1 atom stereocenters. The molecular formula is C14H27N3O2. The zero-order chi connectivity index (χ0) is 13.7. The molecule has 5 nitrogen and oxygen atoms in total. The second kappa shape index (κ2) is 6.57. The minimum atomic E-state index is 0.278. The molecule has 0 radical (unpaired) electrons. The van der Waals surface area contributed by atoms with Gasteiger partial charge in [-0.1, -0.05) is 6.92 Å². The molecule has 2 aliphatic rings. The highest BCUT2D eigenvalue weighted by Gasteiger charge is 2.34. The summed E-state index contributed by atoms with van der Waals surface area (Å²) >= 11 is 0. The molecule has 0 aromatic carbocycles. The third-order valence-electron chi connectivity index (χ3n) is 3.93. The maximum absolute atomic E-state index is 5.52. The lowest BCUT2D eigenvalue weighted by Crippen LogP contribution is -2.51. The van der Waals surface area contributed by atoms with Crippen molar-refractivity contribution in [1.29, 1.82) is 0 Å². The lowest BCUT2D eigenvalue weighted by molar-refractivity contribution is -0.0972. The van der Waals surface area contributed by atoms with Crippen LogP contribution in [0.3, 0.4) is 0 Å². The van der Waals surface area contributed by atoms with Gasteiger partial charge < -0.3 is 19.7 Å². The number of hydrogen-bond donors (Lipinski definition) is 1. The molecule has 2 saturated heterocycles. The summed E-state index contributed by atoms with van der Waals surface area (Å²) in [6.07, 6.45) is 1.20. The van der Waals surface area contributed by atoms with Crippen LogP contribution in [-0.4, -0.2) is 64.0 Å². The van der Waals surface area contributed by atoms with Crippen molar-refractivity contribution >= 4 is 5.96 Å². The Morgan fingerprint density at radius 1 is 1.53 bits per heavy atom. The van der Waals surface area contributed by atoms with E-state index in [0.29, 0.717) is 5.92 Å². The van der Waals surface area contributed by atoms with Gasteiger partial charge in [0.1, 0.15) is 0 Å². The monoisotopic (exact) mass is 269 g/mol. The van der Waals surface area contributed by atoms with Crippen molar-refractivity contribution in [2.75, 3.05) is 53.1 Å². The Balaban J connectivity index is 1.75. The van der Waals surface area contributed by atoms with Crippen LogP contribution >= 0.6 is 0 Å². The van der Waals surface area contributed by atoms with Crippen LogP contribution in [0.15, 0.2) is 4.99 Å². The summed E-state index contributed by atoms with van der Waals surface area (Å²) in [5.74, 6) is 1.66. The van der Waals surface area contributed by atoms with Crippen LogP contribution in [0.1, 0.15) is 20.3 Å². The Bertz CT molecular complexity index is 316. The molecule has 0 aliphatic carbocycles. The van der Waals surface area contributed by atoms with E-state index in [9.17, 15) is 0 Å². The number of nitrogens with zero attached hydrogens (tertiary/aromatic N) is 2.